The van der Waals surface area contributed by atoms with Crippen LogP contribution in [0.25, 0.3) is 0 Å². The first kappa shape index (κ1) is 17.7. The van der Waals surface area contributed by atoms with Crippen molar-refractivity contribution in [2.24, 2.45) is 0 Å². The number of aryl methyl sites for hydroxylation is 1. The number of benzene rings is 1. The molecule has 3 N–H and O–H groups in total. The van der Waals surface area contributed by atoms with Crippen LogP contribution in [0.4, 0.5) is 5.69 Å². The molecule has 1 amide bonds. The third-order valence-electron chi connectivity index (χ3n) is 3.03. The zero-order valence-corrected chi connectivity index (χ0v) is 14.8. The van der Waals surface area contributed by atoms with Crippen molar-refractivity contribution in [3.8, 4) is 0 Å². The first-order valence-electron chi connectivity index (χ1n) is 6.88. The first-order valence-corrected chi connectivity index (χ1v) is 8.66. The minimum atomic E-state index is -0.276. The average Bonchev–Trinajstić information content (AvgIpc) is 2.51. The second-order valence-electron chi connectivity index (χ2n) is 4.75. The van der Waals surface area contributed by atoms with Gasteiger partial charge in [-0.25, -0.2) is 4.98 Å². The smallest absolute Gasteiger partial charge is 0.255 e. The molecule has 0 aliphatic carbocycles. The molecule has 0 unspecified atom stereocenters. The van der Waals surface area contributed by atoms with Crippen LogP contribution in [0.2, 0.25) is 0 Å². The molecule has 0 aliphatic rings. The fraction of sp³-hybridized carbons (Fsp3) is 0.267. The molecule has 1 heterocycles. The van der Waals surface area contributed by atoms with Gasteiger partial charge in [0.2, 0.25) is 5.91 Å². The zero-order chi connectivity index (χ0) is 16.8. The molecule has 0 saturated carbocycles. The number of nitrogens with zero attached hydrogens (tertiary/aromatic N) is 1. The number of H-pyrrole nitrogens is 1. The fourth-order valence-electron chi connectivity index (χ4n) is 1.92. The second-order valence-corrected chi connectivity index (χ2v) is 6.63. The molecule has 2 rings (SSSR count). The molecule has 0 bridgehead atoms. The van der Waals surface area contributed by atoms with E-state index in [1.54, 1.807) is 19.1 Å². The lowest BCUT2D eigenvalue weighted by Gasteiger charge is -2.07. The van der Waals surface area contributed by atoms with Crippen LogP contribution in [0.5, 0.6) is 0 Å². The van der Waals surface area contributed by atoms with E-state index in [4.69, 9.17) is 5.11 Å². The van der Waals surface area contributed by atoms with E-state index in [0.717, 1.165) is 16.2 Å². The Morgan fingerprint density at radius 3 is 2.70 bits per heavy atom. The molecule has 0 aliphatic heterocycles. The van der Waals surface area contributed by atoms with E-state index in [1.165, 1.54) is 0 Å². The molecule has 23 heavy (non-hydrogen) atoms. The number of amides is 1. The number of aliphatic hydroxyl groups is 1. The molecule has 0 atom stereocenters. The van der Waals surface area contributed by atoms with E-state index in [-0.39, 0.29) is 30.2 Å². The summed E-state index contributed by atoms with van der Waals surface area (Å²) >= 11 is 4.48. The van der Waals surface area contributed by atoms with E-state index in [9.17, 15) is 9.59 Å². The van der Waals surface area contributed by atoms with E-state index in [0.29, 0.717) is 22.1 Å². The summed E-state index contributed by atoms with van der Waals surface area (Å²) in [5, 5.41) is 12.1. The highest BCUT2D eigenvalue weighted by Crippen LogP contribution is 2.16. The molecule has 2 aromatic rings. The molecule has 122 valence electrons. The standard InChI is InChI=1S/C15H16BrN3O3S/c1-9-12(6-7-20)14(22)19-15(17-9)23-8-13(21)18-11-4-2-10(16)3-5-11/h2-5,20H,6-8H2,1H3,(H,18,21)(H,17,19,22). The minimum Gasteiger partial charge on any atom is -0.396 e. The van der Waals surface area contributed by atoms with Gasteiger partial charge in [-0.2, -0.15) is 0 Å². The van der Waals surface area contributed by atoms with E-state index >= 15 is 0 Å². The van der Waals surface area contributed by atoms with Crippen LogP contribution in [-0.2, 0) is 11.2 Å². The van der Waals surface area contributed by atoms with Gasteiger partial charge in [-0.15, -0.1) is 0 Å². The number of aromatic amines is 1. The van der Waals surface area contributed by atoms with Crippen molar-refractivity contribution in [2.45, 2.75) is 18.5 Å². The monoisotopic (exact) mass is 397 g/mol. The zero-order valence-electron chi connectivity index (χ0n) is 12.4. The number of halogens is 1. The average molecular weight is 398 g/mol. The van der Waals surface area contributed by atoms with Crippen LogP contribution in [0.3, 0.4) is 0 Å². The Morgan fingerprint density at radius 2 is 2.09 bits per heavy atom. The fourth-order valence-corrected chi connectivity index (χ4v) is 2.89. The quantitative estimate of drug-likeness (QED) is 0.512. The van der Waals surface area contributed by atoms with Crippen molar-refractivity contribution in [2.75, 3.05) is 17.7 Å². The van der Waals surface area contributed by atoms with Gasteiger partial charge in [0.15, 0.2) is 5.16 Å². The van der Waals surface area contributed by atoms with Crippen LogP contribution in [0.15, 0.2) is 38.7 Å². The van der Waals surface area contributed by atoms with Gasteiger partial charge in [0.1, 0.15) is 0 Å². The highest BCUT2D eigenvalue weighted by atomic mass is 79.9. The minimum absolute atomic E-state index is 0.103. The number of thioether (sulfide) groups is 1. The number of carbonyl (C=O) groups excluding carboxylic acids is 1. The Bertz CT molecular complexity index is 747. The number of nitrogens with one attached hydrogen (secondary N) is 2. The predicted molar refractivity (Wildman–Crippen MR) is 93.9 cm³/mol. The van der Waals surface area contributed by atoms with Gasteiger partial charge < -0.3 is 15.4 Å². The van der Waals surface area contributed by atoms with Gasteiger partial charge in [-0.3, -0.25) is 9.59 Å². The third kappa shape index (κ3) is 5.19. The Balaban J connectivity index is 1.96. The van der Waals surface area contributed by atoms with Crippen LogP contribution in [-0.4, -0.2) is 33.3 Å². The Labute approximate surface area is 145 Å². The summed E-state index contributed by atoms with van der Waals surface area (Å²) in [7, 11) is 0. The first-order chi connectivity index (χ1) is 11.0. The van der Waals surface area contributed by atoms with Crippen LogP contribution < -0.4 is 10.9 Å². The van der Waals surface area contributed by atoms with E-state index in [2.05, 4.69) is 31.2 Å². The van der Waals surface area contributed by atoms with Crippen molar-refractivity contribution in [3.05, 3.63) is 50.3 Å². The van der Waals surface area contributed by atoms with Gasteiger partial charge in [0.25, 0.3) is 5.56 Å². The number of rotatable bonds is 6. The number of carbonyl (C=O) groups is 1. The van der Waals surface area contributed by atoms with Gasteiger partial charge in [0, 0.05) is 34.4 Å². The number of hydrogen-bond acceptors (Lipinski definition) is 5. The lowest BCUT2D eigenvalue weighted by molar-refractivity contribution is -0.113. The number of aromatic nitrogens is 2. The van der Waals surface area contributed by atoms with Gasteiger partial charge in [0.05, 0.1) is 5.75 Å². The predicted octanol–water partition coefficient (Wildman–Crippen LogP) is 2.11. The Kier molecular flexibility index (Phi) is 6.37. The maximum Gasteiger partial charge on any atom is 0.255 e. The summed E-state index contributed by atoms with van der Waals surface area (Å²) in [6.45, 7) is 1.61. The van der Waals surface area contributed by atoms with Gasteiger partial charge in [-0.1, -0.05) is 27.7 Å². The molecule has 1 aromatic carbocycles. The molecule has 0 spiro atoms. The van der Waals surface area contributed by atoms with Crippen LogP contribution in [0, 0.1) is 6.92 Å². The topological polar surface area (TPSA) is 95.1 Å². The van der Waals surface area contributed by atoms with Crippen LogP contribution in [0.1, 0.15) is 11.3 Å². The lowest BCUT2D eigenvalue weighted by Crippen LogP contribution is -2.19. The van der Waals surface area contributed by atoms with Crippen LogP contribution >= 0.6 is 27.7 Å². The summed E-state index contributed by atoms with van der Waals surface area (Å²) < 4.78 is 0.935. The molecule has 6 nitrogen and oxygen atoms in total. The summed E-state index contributed by atoms with van der Waals surface area (Å²) in [6.07, 6.45) is 0.267. The molecule has 8 heteroatoms. The molecular formula is C15H16BrN3O3S. The van der Waals surface area contributed by atoms with Crippen molar-refractivity contribution >= 4 is 39.3 Å². The molecule has 0 radical (unpaired) electrons. The Morgan fingerprint density at radius 1 is 1.39 bits per heavy atom. The largest absolute Gasteiger partial charge is 0.396 e. The number of aliphatic hydroxyl groups excluding tert-OH is 1. The summed E-state index contributed by atoms with van der Waals surface area (Å²) in [6, 6.07) is 7.26. The molecule has 0 fully saturated rings. The SMILES string of the molecule is Cc1nc(SCC(=O)Nc2ccc(Br)cc2)[nH]c(=O)c1CCO. The van der Waals surface area contributed by atoms with Crippen molar-refractivity contribution in [1.82, 2.24) is 9.97 Å². The normalized spacial score (nSPS) is 10.6. The highest BCUT2D eigenvalue weighted by Gasteiger charge is 2.10. The summed E-state index contributed by atoms with van der Waals surface area (Å²) in [4.78, 5) is 30.7. The Hall–Kier alpha value is -1.64. The van der Waals surface area contributed by atoms with Gasteiger partial charge in [-0.05, 0) is 31.2 Å². The summed E-state index contributed by atoms with van der Waals surface area (Å²) in [5.74, 6) is -0.0466. The number of hydrogen-bond donors (Lipinski definition) is 3. The molecule has 1 aromatic heterocycles. The van der Waals surface area contributed by atoms with E-state index in [1.807, 2.05) is 12.1 Å². The molecular weight excluding hydrogens is 382 g/mol. The maximum absolute atomic E-state index is 11.9. The third-order valence-corrected chi connectivity index (χ3v) is 4.43. The van der Waals surface area contributed by atoms with Gasteiger partial charge >= 0.3 is 0 Å². The van der Waals surface area contributed by atoms with Crippen molar-refractivity contribution < 1.29 is 9.90 Å². The van der Waals surface area contributed by atoms with E-state index < -0.39 is 0 Å². The molecule has 0 saturated heterocycles. The number of anilines is 1. The maximum atomic E-state index is 11.9. The lowest BCUT2D eigenvalue weighted by atomic mass is 10.2. The van der Waals surface area contributed by atoms with Crippen molar-refractivity contribution in [1.29, 1.82) is 0 Å². The highest BCUT2D eigenvalue weighted by molar-refractivity contribution is 9.10. The summed E-state index contributed by atoms with van der Waals surface area (Å²) in [5.41, 5.74) is 1.46. The van der Waals surface area contributed by atoms with Crippen molar-refractivity contribution in [3.63, 3.8) is 0 Å². The second kappa shape index (κ2) is 8.28.